The molecule has 0 spiro atoms. The molecule has 0 aromatic carbocycles. The van der Waals surface area contributed by atoms with E-state index in [1.54, 1.807) is 0 Å². The Bertz CT molecular complexity index is 504. The molecule has 0 unspecified atom stereocenters. The largest absolute Gasteiger partial charge is 0.573 e. The van der Waals surface area contributed by atoms with Crippen LogP contribution in [-0.2, 0) is 17.8 Å². The Morgan fingerprint density at radius 2 is 2.05 bits per heavy atom. The average Bonchev–Trinajstić information content (AvgIpc) is 2.28. The predicted octanol–water partition coefficient (Wildman–Crippen LogP) is 2.00. The number of nitrogens with zero attached hydrogens (tertiary/aromatic N) is 1. The molecule has 0 bridgehead atoms. The molecule has 0 atom stereocenters. The Labute approximate surface area is 109 Å². The number of aromatic nitrogens is 1. The molecule has 1 aromatic heterocycles. The van der Waals surface area contributed by atoms with Crippen LogP contribution in [0.25, 0.3) is 0 Å². The number of aliphatic carboxylic acids is 1. The Morgan fingerprint density at radius 1 is 1.45 bits per heavy atom. The van der Waals surface area contributed by atoms with Crippen LogP contribution in [0.1, 0.15) is 23.2 Å². The van der Waals surface area contributed by atoms with Gasteiger partial charge < -0.3 is 15.6 Å². The minimum atomic E-state index is -5.26. The van der Waals surface area contributed by atoms with Gasteiger partial charge in [0.15, 0.2) is 5.75 Å². The van der Waals surface area contributed by atoms with E-state index in [0.717, 1.165) is 6.20 Å². The Hall–Kier alpha value is -1.97. The zero-order valence-electron chi connectivity index (χ0n) is 9.75. The zero-order chi connectivity index (χ0) is 15.5. The van der Waals surface area contributed by atoms with Crippen LogP contribution < -0.4 is 10.5 Å². The third kappa shape index (κ3) is 4.02. The first-order valence-electron chi connectivity index (χ1n) is 5.12. The van der Waals surface area contributed by atoms with Gasteiger partial charge in [0, 0.05) is 18.3 Å². The topological polar surface area (TPSA) is 85.4 Å². The third-order valence-electron chi connectivity index (χ3n) is 2.23. The minimum absolute atomic E-state index is 0.115. The molecule has 0 saturated carbocycles. The lowest BCUT2D eigenvalue weighted by Crippen LogP contribution is -2.22. The van der Waals surface area contributed by atoms with Gasteiger partial charge in [-0.25, -0.2) is 8.78 Å². The van der Waals surface area contributed by atoms with Crippen LogP contribution in [0.2, 0.25) is 0 Å². The molecular weight excluding hydrogens is 291 g/mol. The summed E-state index contributed by atoms with van der Waals surface area (Å²) in [6.45, 7) is -0.368. The van der Waals surface area contributed by atoms with Crippen molar-refractivity contribution >= 4 is 5.97 Å². The van der Waals surface area contributed by atoms with Crippen molar-refractivity contribution in [1.29, 1.82) is 0 Å². The summed E-state index contributed by atoms with van der Waals surface area (Å²) >= 11 is 0. The summed E-state index contributed by atoms with van der Waals surface area (Å²) in [4.78, 5) is 13.8. The molecule has 0 radical (unpaired) electrons. The molecule has 1 aromatic rings. The number of carbonyl (C=O) groups is 1. The highest BCUT2D eigenvalue weighted by Crippen LogP contribution is 2.36. The van der Waals surface area contributed by atoms with Crippen molar-refractivity contribution in [2.75, 3.05) is 0 Å². The van der Waals surface area contributed by atoms with Crippen LogP contribution in [0, 0.1) is 0 Å². The fourth-order valence-corrected chi connectivity index (χ4v) is 1.49. The molecule has 0 saturated heterocycles. The second-order valence-electron chi connectivity index (χ2n) is 3.60. The Morgan fingerprint density at radius 3 is 2.45 bits per heavy atom. The van der Waals surface area contributed by atoms with Gasteiger partial charge in [-0.2, -0.15) is 0 Å². The van der Waals surface area contributed by atoms with E-state index in [-0.39, 0.29) is 12.1 Å². The van der Waals surface area contributed by atoms with E-state index >= 15 is 0 Å². The van der Waals surface area contributed by atoms with Gasteiger partial charge in [-0.05, 0) is 5.56 Å². The van der Waals surface area contributed by atoms with Crippen molar-refractivity contribution in [1.82, 2.24) is 4.98 Å². The van der Waals surface area contributed by atoms with Crippen molar-refractivity contribution in [3.63, 3.8) is 0 Å². The summed E-state index contributed by atoms with van der Waals surface area (Å²) in [5.74, 6) is -2.82. The number of hydrogen-bond donors (Lipinski definition) is 2. The van der Waals surface area contributed by atoms with Crippen LogP contribution in [0.5, 0.6) is 5.75 Å². The van der Waals surface area contributed by atoms with Gasteiger partial charge in [0.2, 0.25) is 0 Å². The van der Waals surface area contributed by atoms with Crippen LogP contribution in [-0.4, -0.2) is 22.4 Å². The summed E-state index contributed by atoms with van der Waals surface area (Å²) in [5, 5.41) is 8.65. The molecule has 0 aliphatic heterocycles. The van der Waals surface area contributed by atoms with Gasteiger partial charge >= 0.3 is 12.3 Å². The van der Waals surface area contributed by atoms with Crippen LogP contribution in [0.4, 0.5) is 22.0 Å². The summed E-state index contributed by atoms with van der Waals surface area (Å²) in [5.41, 5.74) is 3.26. The number of hydrogen-bond acceptors (Lipinski definition) is 4. The summed E-state index contributed by atoms with van der Waals surface area (Å²) in [7, 11) is 0. The Balaban J connectivity index is 3.47. The maximum absolute atomic E-state index is 12.7. The molecular formula is C10H9F5N2O3. The quantitative estimate of drug-likeness (QED) is 0.812. The van der Waals surface area contributed by atoms with Crippen LogP contribution in [0.3, 0.4) is 0 Å². The van der Waals surface area contributed by atoms with E-state index in [1.165, 1.54) is 0 Å². The smallest absolute Gasteiger partial charge is 0.481 e. The number of carboxylic acids is 1. The molecule has 0 aliphatic rings. The first-order valence-corrected chi connectivity index (χ1v) is 5.12. The fourth-order valence-electron chi connectivity index (χ4n) is 1.49. The van der Waals surface area contributed by atoms with E-state index in [9.17, 15) is 26.7 Å². The third-order valence-corrected chi connectivity index (χ3v) is 2.23. The monoisotopic (exact) mass is 300 g/mol. The number of carboxylic acid groups (broad SMARTS) is 1. The van der Waals surface area contributed by atoms with E-state index in [2.05, 4.69) is 9.72 Å². The molecule has 1 rings (SSSR count). The van der Waals surface area contributed by atoms with Gasteiger partial charge in [0.05, 0.1) is 6.42 Å². The average molecular weight is 300 g/mol. The Kier molecular flexibility index (Phi) is 4.82. The van der Waals surface area contributed by atoms with Crippen molar-refractivity contribution < 1.29 is 36.6 Å². The second kappa shape index (κ2) is 5.99. The van der Waals surface area contributed by atoms with Crippen molar-refractivity contribution in [2.24, 2.45) is 5.73 Å². The standard InChI is InChI=1S/C10H9F5N2O3/c11-9(12)7-8(20-10(13,14)15)5(1-6(18)19)4(2-16)3-17-7/h3,9H,1-2,16H2,(H,18,19). The van der Waals surface area contributed by atoms with Crippen molar-refractivity contribution in [3.05, 3.63) is 23.0 Å². The summed E-state index contributed by atoms with van der Waals surface area (Å²) in [6.07, 6.45) is -8.75. The molecule has 0 amide bonds. The van der Waals surface area contributed by atoms with E-state index in [0.29, 0.717) is 0 Å². The predicted molar refractivity (Wildman–Crippen MR) is 55.1 cm³/mol. The van der Waals surface area contributed by atoms with Crippen molar-refractivity contribution in [3.8, 4) is 5.75 Å². The van der Waals surface area contributed by atoms with Crippen molar-refractivity contribution in [2.45, 2.75) is 25.8 Å². The number of pyridine rings is 1. The maximum atomic E-state index is 12.7. The zero-order valence-corrected chi connectivity index (χ0v) is 9.75. The van der Waals surface area contributed by atoms with Gasteiger partial charge in [-0.1, -0.05) is 0 Å². The number of alkyl halides is 5. The van der Waals surface area contributed by atoms with E-state index in [1.807, 2.05) is 0 Å². The number of rotatable bonds is 5. The lowest BCUT2D eigenvalue weighted by atomic mass is 10.0. The molecule has 112 valence electrons. The molecule has 5 nitrogen and oxygen atoms in total. The molecule has 1 heterocycles. The lowest BCUT2D eigenvalue weighted by molar-refractivity contribution is -0.275. The molecule has 10 heteroatoms. The van der Waals surface area contributed by atoms with E-state index in [4.69, 9.17) is 10.8 Å². The van der Waals surface area contributed by atoms with Gasteiger partial charge in [0.1, 0.15) is 5.69 Å². The normalized spacial score (nSPS) is 11.8. The first-order chi connectivity index (χ1) is 9.15. The molecule has 20 heavy (non-hydrogen) atoms. The van der Waals surface area contributed by atoms with Gasteiger partial charge in [-0.15, -0.1) is 13.2 Å². The number of nitrogens with two attached hydrogens (primary N) is 1. The minimum Gasteiger partial charge on any atom is -0.481 e. The van der Waals surface area contributed by atoms with Gasteiger partial charge in [-0.3, -0.25) is 9.78 Å². The molecule has 0 aliphatic carbocycles. The second-order valence-corrected chi connectivity index (χ2v) is 3.60. The lowest BCUT2D eigenvalue weighted by Gasteiger charge is -2.17. The first kappa shape index (κ1) is 16.1. The summed E-state index contributed by atoms with van der Waals surface area (Å²) in [6, 6.07) is 0. The van der Waals surface area contributed by atoms with E-state index < -0.39 is 42.2 Å². The van der Waals surface area contributed by atoms with Gasteiger partial charge in [0.25, 0.3) is 6.43 Å². The number of ether oxygens (including phenoxy) is 1. The van der Waals surface area contributed by atoms with Crippen LogP contribution in [0.15, 0.2) is 6.20 Å². The highest BCUT2D eigenvalue weighted by atomic mass is 19.4. The highest BCUT2D eigenvalue weighted by molar-refractivity contribution is 5.72. The van der Waals surface area contributed by atoms with Crippen LogP contribution >= 0.6 is 0 Å². The number of halogens is 5. The maximum Gasteiger partial charge on any atom is 0.573 e. The molecule has 0 fully saturated rings. The fraction of sp³-hybridized carbons (Fsp3) is 0.400. The molecule has 3 N–H and O–H groups in total. The highest BCUT2D eigenvalue weighted by Gasteiger charge is 2.36. The SMILES string of the molecule is NCc1cnc(C(F)F)c(OC(F)(F)F)c1CC(=O)O. The summed E-state index contributed by atoms with van der Waals surface area (Å²) < 4.78 is 65.6.